The van der Waals surface area contributed by atoms with Crippen molar-refractivity contribution in [3.63, 3.8) is 0 Å². The van der Waals surface area contributed by atoms with Crippen LogP contribution in [0.3, 0.4) is 0 Å². The average molecular weight is 171 g/mol. The van der Waals surface area contributed by atoms with E-state index < -0.39 is 0 Å². The van der Waals surface area contributed by atoms with Crippen LogP contribution in [0.4, 0.5) is 0 Å². The second-order valence-corrected chi connectivity index (χ2v) is 3.45. The van der Waals surface area contributed by atoms with E-state index in [1.165, 1.54) is 11.3 Å². The molecule has 0 saturated heterocycles. The predicted molar refractivity (Wildman–Crippen MR) is 46.6 cm³/mol. The minimum Gasteiger partial charge on any atom is -0.386 e. The summed E-state index contributed by atoms with van der Waals surface area (Å²) in [6.07, 6.45) is 4.43. The molecule has 0 amide bonds. The summed E-state index contributed by atoms with van der Waals surface area (Å²) >= 11 is 1.52. The molecular formula is C8H13NOS. The van der Waals surface area contributed by atoms with Crippen molar-refractivity contribution in [2.75, 3.05) is 0 Å². The van der Waals surface area contributed by atoms with Crippen LogP contribution in [-0.4, -0.2) is 10.1 Å². The Morgan fingerprint density at radius 3 is 3.09 bits per heavy atom. The highest BCUT2D eigenvalue weighted by Crippen LogP contribution is 2.20. The lowest BCUT2D eigenvalue weighted by atomic mass is 10.2. The Morgan fingerprint density at radius 2 is 2.55 bits per heavy atom. The van der Waals surface area contributed by atoms with Crippen molar-refractivity contribution in [2.24, 2.45) is 0 Å². The second kappa shape index (κ2) is 4.46. The molecule has 1 N–H and O–H groups in total. The number of aromatic nitrogens is 1. The lowest BCUT2D eigenvalue weighted by molar-refractivity contribution is 0.164. The summed E-state index contributed by atoms with van der Waals surface area (Å²) in [6, 6.07) is 0. The van der Waals surface area contributed by atoms with Gasteiger partial charge in [-0.2, -0.15) is 0 Å². The highest BCUT2D eigenvalue weighted by Gasteiger charge is 2.07. The SMILES string of the molecule is CCCCC(O)c1nccs1. The van der Waals surface area contributed by atoms with E-state index in [9.17, 15) is 5.11 Å². The Kier molecular flexibility index (Phi) is 3.52. The van der Waals surface area contributed by atoms with Gasteiger partial charge in [0, 0.05) is 11.6 Å². The smallest absolute Gasteiger partial charge is 0.121 e. The third-order valence-corrected chi connectivity index (χ3v) is 2.44. The van der Waals surface area contributed by atoms with Crippen molar-refractivity contribution in [1.82, 2.24) is 4.98 Å². The lowest BCUT2D eigenvalue weighted by Gasteiger charge is -2.04. The van der Waals surface area contributed by atoms with Crippen molar-refractivity contribution >= 4 is 11.3 Å². The lowest BCUT2D eigenvalue weighted by Crippen LogP contribution is -1.95. The summed E-state index contributed by atoms with van der Waals surface area (Å²) < 4.78 is 0. The Hall–Kier alpha value is -0.410. The number of nitrogens with zero attached hydrogens (tertiary/aromatic N) is 1. The minimum atomic E-state index is -0.338. The van der Waals surface area contributed by atoms with Gasteiger partial charge in [0.15, 0.2) is 0 Å². The molecule has 0 fully saturated rings. The van der Waals surface area contributed by atoms with Gasteiger partial charge in [-0.1, -0.05) is 19.8 Å². The quantitative estimate of drug-likeness (QED) is 0.754. The number of unbranched alkanes of at least 4 members (excludes halogenated alkanes) is 1. The summed E-state index contributed by atoms with van der Waals surface area (Å²) in [5.74, 6) is 0. The van der Waals surface area contributed by atoms with Crippen molar-refractivity contribution < 1.29 is 5.11 Å². The number of rotatable bonds is 4. The first kappa shape index (κ1) is 8.68. The third-order valence-electron chi connectivity index (χ3n) is 1.57. The van der Waals surface area contributed by atoms with Crippen molar-refractivity contribution in [3.8, 4) is 0 Å². The Labute approximate surface area is 70.9 Å². The summed E-state index contributed by atoms with van der Waals surface area (Å²) in [4.78, 5) is 4.04. The van der Waals surface area contributed by atoms with Crippen LogP contribution in [0.15, 0.2) is 11.6 Å². The topological polar surface area (TPSA) is 33.1 Å². The molecule has 0 aliphatic heterocycles. The predicted octanol–water partition coefficient (Wildman–Crippen LogP) is 2.37. The summed E-state index contributed by atoms with van der Waals surface area (Å²) in [7, 11) is 0. The molecule has 0 spiro atoms. The molecule has 2 nitrogen and oxygen atoms in total. The van der Waals surface area contributed by atoms with E-state index >= 15 is 0 Å². The van der Waals surface area contributed by atoms with Gasteiger partial charge in [-0.25, -0.2) is 4.98 Å². The fourth-order valence-electron chi connectivity index (χ4n) is 0.920. The van der Waals surface area contributed by atoms with Gasteiger partial charge in [0.1, 0.15) is 11.1 Å². The Morgan fingerprint density at radius 1 is 1.73 bits per heavy atom. The normalized spacial score (nSPS) is 13.3. The first-order valence-electron chi connectivity index (χ1n) is 3.92. The maximum atomic E-state index is 9.49. The highest BCUT2D eigenvalue weighted by molar-refractivity contribution is 7.09. The fourth-order valence-corrected chi connectivity index (χ4v) is 1.58. The van der Waals surface area contributed by atoms with Crippen molar-refractivity contribution in [2.45, 2.75) is 32.3 Å². The van der Waals surface area contributed by atoms with Crippen LogP contribution >= 0.6 is 11.3 Å². The minimum absolute atomic E-state index is 0.338. The van der Waals surface area contributed by atoms with Gasteiger partial charge >= 0.3 is 0 Å². The molecule has 0 saturated carbocycles. The Bertz CT molecular complexity index is 186. The monoisotopic (exact) mass is 171 g/mol. The molecule has 1 heterocycles. The number of thiazole rings is 1. The van der Waals surface area contributed by atoms with E-state index in [0.29, 0.717) is 0 Å². The van der Waals surface area contributed by atoms with Crippen LogP contribution in [0.25, 0.3) is 0 Å². The standard InChI is InChI=1S/C8H13NOS/c1-2-3-4-7(10)8-9-5-6-11-8/h5-7,10H,2-4H2,1H3. The van der Waals surface area contributed by atoms with Crippen LogP contribution in [0.2, 0.25) is 0 Å². The van der Waals surface area contributed by atoms with Gasteiger partial charge < -0.3 is 5.11 Å². The highest BCUT2D eigenvalue weighted by atomic mass is 32.1. The first-order chi connectivity index (χ1) is 5.34. The molecule has 1 rings (SSSR count). The van der Waals surface area contributed by atoms with E-state index in [0.717, 1.165) is 24.3 Å². The number of aliphatic hydroxyl groups is 1. The van der Waals surface area contributed by atoms with Crippen LogP contribution < -0.4 is 0 Å². The number of hydrogen-bond donors (Lipinski definition) is 1. The van der Waals surface area contributed by atoms with E-state index in [2.05, 4.69) is 11.9 Å². The number of hydrogen-bond acceptors (Lipinski definition) is 3. The molecule has 11 heavy (non-hydrogen) atoms. The fraction of sp³-hybridized carbons (Fsp3) is 0.625. The van der Waals surface area contributed by atoms with Crippen LogP contribution in [0.5, 0.6) is 0 Å². The molecule has 0 aliphatic carbocycles. The molecule has 62 valence electrons. The van der Waals surface area contributed by atoms with Crippen LogP contribution in [0.1, 0.15) is 37.3 Å². The molecule has 1 aromatic heterocycles. The largest absolute Gasteiger partial charge is 0.386 e. The van der Waals surface area contributed by atoms with Gasteiger partial charge in [-0.05, 0) is 6.42 Å². The van der Waals surface area contributed by atoms with Gasteiger partial charge in [0.25, 0.3) is 0 Å². The molecule has 1 aromatic rings. The molecule has 3 heteroatoms. The van der Waals surface area contributed by atoms with Crippen molar-refractivity contribution in [3.05, 3.63) is 16.6 Å². The van der Waals surface area contributed by atoms with Crippen molar-refractivity contribution in [1.29, 1.82) is 0 Å². The van der Waals surface area contributed by atoms with Gasteiger partial charge in [0.2, 0.25) is 0 Å². The summed E-state index contributed by atoms with van der Waals surface area (Å²) in [6.45, 7) is 2.12. The van der Waals surface area contributed by atoms with Gasteiger partial charge in [-0.3, -0.25) is 0 Å². The first-order valence-corrected chi connectivity index (χ1v) is 4.80. The molecule has 1 unspecified atom stereocenters. The zero-order valence-corrected chi connectivity index (χ0v) is 7.47. The molecule has 0 aliphatic rings. The van der Waals surface area contributed by atoms with Gasteiger partial charge in [0.05, 0.1) is 0 Å². The van der Waals surface area contributed by atoms with Crippen LogP contribution in [-0.2, 0) is 0 Å². The molecule has 0 aromatic carbocycles. The molecule has 0 bridgehead atoms. The zero-order chi connectivity index (χ0) is 8.10. The molecule has 1 atom stereocenters. The average Bonchev–Trinajstić information content (AvgIpc) is 2.52. The maximum absolute atomic E-state index is 9.49. The zero-order valence-electron chi connectivity index (χ0n) is 6.66. The summed E-state index contributed by atoms with van der Waals surface area (Å²) in [5, 5.41) is 12.2. The van der Waals surface area contributed by atoms with E-state index in [4.69, 9.17) is 0 Å². The Balaban J connectivity index is 2.36. The van der Waals surface area contributed by atoms with Crippen LogP contribution in [0, 0.1) is 0 Å². The maximum Gasteiger partial charge on any atom is 0.121 e. The molecular weight excluding hydrogens is 158 g/mol. The molecule has 0 radical (unpaired) electrons. The summed E-state index contributed by atoms with van der Waals surface area (Å²) in [5.41, 5.74) is 0. The van der Waals surface area contributed by atoms with E-state index in [-0.39, 0.29) is 6.10 Å². The number of aliphatic hydroxyl groups excluding tert-OH is 1. The van der Waals surface area contributed by atoms with E-state index in [1.54, 1.807) is 6.20 Å². The second-order valence-electron chi connectivity index (χ2n) is 2.53. The van der Waals surface area contributed by atoms with E-state index in [1.807, 2.05) is 5.38 Å². The van der Waals surface area contributed by atoms with Gasteiger partial charge in [-0.15, -0.1) is 11.3 Å². The third kappa shape index (κ3) is 2.60.